The van der Waals surface area contributed by atoms with Gasteiger partial charge in [0.15, 0.2) is 21.3 Å². The Labute approximate surface area is 126 Å². The number of nitrogens with one attached hydrogen (secondary N) is 1. The lowest BCUT2D eigenvalue weighted by atomic mass is 9.98. The minimum Gasteiger partial charge on any atom is -0.493 e. The van der Waals surface area contributed by atoms with Crippen LogP contribution in [0, 0.1) is 0 Å². The molecule has 2 rings (SSSR count). The van der Waals surface area contributed by atoms with Crippen LogP contribution in [-0.4, -0.2) is 33.9 Å². The Morgan fingerprint density at radius 3 is 2.38 bits per heavy atom. The van der Waals surface area contributed by atoms with Crippen molar-refractivity contribution in [3.05, 3.63) is 17.7 Å². The number of rotatable bonds is 3. The van der Waals surface area contributed by atoms with E-state index >= 15 is 0 Å². The van der Waals surface area contributed by atoms with E-state index in [0.717, 1.165) is 12.0 Å². The van der Waals surface area contributed by atoms with Gasteiger partial charge in [-0.1, -0.05) is 6.92 Å². The highest BCUT2D eigenvalue weighted by atomic mass is 32.2. The third kappa shape index (κ3) is 2.87. The molecule has 0 spiro atoms. The molecule has 2 atom stereocenters. The van der Waals surface area contributed by atoms with E-state index in [1.165, 1.54) is 7.11 Å². The summed E-state index contributed by atoms with van der Waals surface area (Å²) in [4.78, 5) is 0.331. The number of fused-ring (bicyclic) bond motifs is 1. The molecule has 118 valence electrons. The maximum Gasteiger partial charge on any atom is 0.180 e. The summed E-state index contributed by atoms with van der Waals surface area (Å²) in [5, 5.41) is 3.43. The molecule has 21 heavy (non-hydrogen) atoms. The fourth-order valence-corrected chi connectivity index (χ4v) is 4.99. The maximum atomic E-state index is 12.7. The first-order valence-corrected chi connectivity index (χ1v) is 8.68. The van der Waals surface area contributed by atoms with Crippen molar-refractivity contribution in [2.24, 2.45) is 0 Å². The van der Waals surface area contributed by atoms with Gasteiger partial charge < -0.3 is 14.8 Å². The zero-order valence-electron chi connectivity index (χ0n) is 13.2. The van der Waals surface area contributed by atoms with Crippen LogP contribution in [0.1, 0.15) is 38.8 Å². The van der Waals surface area contributed by atoms with Crippen LogP contribution in [0.3, 0.4) is 0 Å². The van der Waals surface area contributed by atoms with Crippen molar-refractivity contribution in [2.45, 2.75) is 43.7 Å². The van der Waals surface area contributed by atoms with Crippen molar-refractivity contribution >= 4 is 9.84 Å². The first-order valence-electron chi connectivity index (χ1n) is 7.02. The Kier molecular flexibility index (Phi) is 4.22. The average Bonchev–Trinajstić information content (AvgIpc) is 2.51. The van der Waals surface area contributed by atoms with Gasteiger partial charge >= 0.3 is 0 Å². The molecule has 5 nitrogen and oxygen atoms in total. The van der Waals surface area contributed by atoms with E-state index in [-0.39, 0.29) is 11.8 Å². The summed E-state index contributed by atoms with van der Waals surface area (Å²) in [6.07, 6.45) is 0.735. The topological polar surface area (TPSA) is 64.6 Å². The van der Waals surface area contributed by atoms with Gasteiger partial charge in [-0.15, -0.1) is 0 Å². The second kappa shape index (κ2) is 5.50. The molecule has 0 amide bonds. The quantitative estimate of drug-likeness (QED) is 0.927. The largest absolute Gasteiger partial charge is 0.493 e. The van der Waals surface area contributed by atoms with Gasteiger partial charge in [0.2, 0.25) is 0 Å². The van der Waals surface area contributed by atoms with Crippen molar-refractivity contribution in [2.75, 3.05) is 20.0 Å². The molecular weight excluding hydrogens is 290 g/mol. The standard InChI is InChI=1S/C15H23NO4S/c1-6-15(3)9-21(17,18)14-8-13(20-5)12(19-4)7-11(14)10(2)16-15/h7-8,10,16H,6,9H2,1-5H3. The predicted octanol–water partition coefficient (Wildman–Crippen LogP) is 2.31. The summed E-state index contributed by atoms with van der Waals surface area (Å²) in [5.41, 5.74) is 0.280. The average molecular weight is 313 g/mol. The third-order valence-corrected chi connectivity index (χ3v) is 6.21. The number of benzene rings is 1. The van der Waals surface area contributed by atoms with Gasteiger partial charge in [0, 0.05) is 17.6 Å². The summed E-state index contributed by atoms with van der Waals surface area (Å²) in [5.74, 6) is 1.05. The number of hydrogen-bond acceptors (Lipinski definition) is 5. The predicted molar refractivity (Wildman–Crippen MR) is 81.8 cm³/mol. The van der Waals surface area contributed by atoms with Crippen molar-refractivity contribution in [1.29, 1.82) is 0 Å². The fraction of sp³-hybridized carbons (Fsp3) is 0.600. The number of sulfone groups is 1. The zero-order valence-corrected chi connectivity index (χ0v) is 14.0. The summed E-state index contributed by atoms with van der Waals surface area (Å²) < 4.78 is 36.0. The molecule has 1 aliphatic rings. The Hall–Kier alpha value is -1.27. The molecule has 6 heteroatoms. The first kappa shape index (κ1) is 16.1. The fourth-order valence-electron chi connectivity index (χ4n) is 2.83. The highest BCUT2D eigenvalue weighted by Crippen LogP contribution is 2.39. The molecule has 0 aromatic heterocycles. The molecule has 1 aromatic rings. The van der Waals surface area contributed by atoms with Crippen molar-refractivity contribution in [3.8, 4) is 11.5 Å². The molecule has 0 bridgehead atoms. The Morgan fingerprint density at radius 2 is 1.86 bits per heavy atom. The van der Waals surface area contributed by atoms with E-state index in [9.17, 15) is 8.42 Å². The molecular formula is C15H23NO4S. The van der Waals surface area contributed by atoms with Crippen LogP contribution in [0.15, 0.2) is 17.0 Å². The molecule has 1 aliphatic heterocycles. The lowest BCUT2D eigenvalue weighted by Crippen LogP contribution is -2.46. The van der Waals surface area contributed by atoms with Crippen molar-refractivity contribution in [3.63, 3.8) is 0 Å². The van der Waals surface area contributed by atoms with Crippen molar-refractivity contribution in [1.82, 2.24) is 5.32 Å². The van der Waals surface area contributed by atoms with E-state index < -0.39 is 15.4 Å². The maximum absolute atomic E-state index is 12.7. The summed E-state index contributed by atoms with van der Waals surface area (Å²) in [6, 6.07) is 3.25. The Bertz CT molecular complexity index is 641. The Balaban J connectivity index is 2.69. The summed E-state index contributed by atoms with van der Waals surface area (Å²) >= 11 is 0. The van der Waals surface area contributed by atoms with E-state index in [0.29, 0.717) is 16.4 Å². The zero-order chi connectivity index (χ0) is 15.8. The molecule has 0 saturated heterocycles. The lowest BCUT2D eigenvalue weighted by molar-refractivity contribution is 0.338. The van der Waals surface area contributed by atoms with E-state index in [1.54, 1.807) is 19.2 Å². The highest BCUT2D eigenvalue weighted by molar-refractivity contribution is 7.91. The van der Waals surface area contributed by atoms with Gasteiger partial charge in [0.1, 0.15) is 0 Å². The molecule has 0 saturated carbocycles. The van der Waals surface area contributed by atoms with Crippen molar-refractivity contribution < 1.29 is 17.9 Å². The molecule has 0 aliphatic carbocycles. The molecule has 0 radical (unpaired) electrons. The summed E-state index contributed by atoms with van der Waals surface area (Å²) in [7, 11) is -0.336. The van der Waals surface area contributed by atoms with E-state index in [4.69, 9.17) is 9.47 Å². The minimum absolute atomic E-state index is 0.0727. The van der Waals surface area contributed by atoms with Gasteiger partial charge in [0.25, 0.3) is 0 Å². The van der Waals surface area contributed by atoms with E-state index in [1.807, 2.05) is 20.8 Å². The minimum atomic E-state index is -3.39. The van der Waals surface area contributed by atoms with Crippen LogP contribution in [-0.2, 0) is 9.84 Å². The highest BCUT2D eigenvalue weighted by Gasteiger charge is 2.38. The van der Waals surface area contributed by atoms with Gasteiger partial charge in [-0.05, 0) is 31.9 Å². The molecule has 1 N–H and O–H groups in total. The SMILES string of the molecule is CCC1(C)CS(=O)(=O)c2cc(OC)c(OC)cc2C(C)N1. The van der Waals surface area contributed by atoms with Crippen LogP contribution in [0.25, 0.3) is 0 Å². The van der Waals surface area contributed by atoms with E-state index in [2.05, 4.69) is 5.32 Å². The second-order valence-electron chi connectivity index (χ2n) is 5.78. The molecule has 2 unspecified atom stereocenters. The molecule has 1 heterocycles. The van der Waals surface area contributed by atoms with Gasteiger partial charge in [-0.3, -0.25) is 0 Å². The van der Waals surface area contributed by atoms with Gasteiger partial charge in [-0.2, -0.15) is 0 Å². The van der Waals surface area contributed by atoms with Crippen LogP contribution < -0.4 is 14.8 Å². The lowest BCUT2D eigenvalue weighted by Gasteiger charge is -2.30. The molecule has 1 aromatic carbocycles. The number of ether oxygens (including phenoxy) is 2. The smallest absolute Gasteiger partial charge is 0.180 e. The Morgan fingerprint density at radius 1 is 1.29 bits per heavy atom. The van der Waals surface area contributed by atoms with Crippen LogP contribution in [0.4, 0.5) is 0 Å². The van der Waals surface area contributed by atoms with Gasteiger partial charge in [-0.25, -0.2) is 8.42 Å². The molecule has 0 fully saturated rings. The normalized spacial score (nSPS) is 27.6. The van der Waals surface area contributed by atoms with Crippen LogP contribution in [0.2, 0.25) is 0 Å². The number of methoxy groups -OCH3 is 2. The monoisotopic (exact) mass is 313 g/mol. The van der Waals surface area contributed by atoms with Crippen LogP contribution >= 0.6 is 0 Å². The first-order chi connectivity index (χ1) is 9.76. The second-order valence-corrected chi connectivity index (χ2v) is 7.74. The third-order valence-electron chi connectivity index (χ3n) is 4.17. The number of hydrogen-bond donors (Lipinski definition) is 1. The van der Waals surface area contributed by atoms with Gasteiger partial charge in [0.05, 0.1) is 24.9 Å². The van der Waals surface area contributed by atoms with Crippen LogP contribution in [0.5, 0.6) is 11.5 Å². The summed E-state index contributed by atoms with van der Waals surface area (Å²) in [6.45, 7) is 5.91.